The fraction of sp³-hybridized carbons (Fsp3) is 0.576. The van der Waals surface area contributed by atoms with Gasteiger partial charge in [0.15, 0.2) is 5.60 Å². The number of hydrogen-bond acceptors (Lipinski definition) is 10. The van der Waals surface area contributed by atoms with Gasteiger partial charge in [0, 0.05) is 98.2 Å². The van der Waals surface area contributed by atoms with Crippen LogP contribution < -0.4 is 25.1 Å². The average molecular weight is 1070 g/mol. The molecule has 12 nitrogen and oxygen atoms in total. The number of aromatic hydroxyl groups is 3. The number of carbonyl (C=O) groups is 2. The van der Waals surface area contributed by atoms with Gasteiger partial charge >= 0.3 is 0 Å². The molecule has 78 heavy (non-hydrogen) atoms. The van der Waals surface area contributed by atoms with E-state index in [1.54, 1.807) is 0 Å². The largest absolute Gasteiger partial charge is 0.507 e. The normalized spacial score (nSPS) is 19.9. The van der Waals surface area contributed by atoms with Gasteiger partial charge in [0.25, 0.3) is 5.91 Å². The van der Waals surface area contributed by atoms with Crippen LogP contribution >= 0.6 is 0 Å². The lowest BCUT2D eigenvalue weighted by Gasteiger charge is -2.36. The van der Waals surface area contributed by atoms with Crippen LogP contribution in [0, 0.1) is 44.9 Å². The number of benzene rings is 2. The Balaban J connectivity index is 0.951. The number of amides is 1. The van der Waals surface area contributed by atoms with Gasteiger partial charge in [-0.15, -0.1) is 4.73 Å². The van der Waals surface area contributed by atoms with Crippen molar-refractivity contribution in [2.24, 2.45) is 17.3 Å². The van der Waals surface area contributed by atoms with E-state index in [0.717, 1.165) is 123 Å². The monoisotopic (exact) mass is 1070 g/mol. The topological polar surface area (TPSA) is 149 Å². The van der Waals surface area contributed by atoms with Crippen LogP contribution in [-0.4, -0.2) is 88.6 Å². The first-order valence-corrected chi connectivity index (χ1v) is 29.3. The predicted octanol–water partition coefficient (Wildman–Crippen LogP) is 13.2. The van der Waals surface area contributed by atoms with Crippen LogP contribution in [0.15, 0.2) is 89.3 Å². The van der Waals surface area contributed by atoms with E-state index in [2.05, 4.69) is 138 Å². The highest BCUT2D eigenvalue weighted by molar-refractivity contribution is 5.86. The van der Waals surface area contributed by atoms with Crippen molar-refractivity contribution in [2.75, 3.05) is 44.7 Å². The zero-order valence-electron chi connectivity index (χ0n) is 49.9. The zero-order chi connectivity index (χ0) is 57.0. The number of phenols is 1. The Kier molecular flexibility index (Phi) is 21.5. The van der Waals surface area contributed by atoms with Crippen LogP contribution in [0.5, 0.6) is 23.3 Å². The molecule has 4 unspecified atom stereocenters. The van der Waals surface area contributed by atoms with Gasteiger partial charge in [-0.3, -0.25) is 4.79 Å². The first-order valence-electron chi connectivity index (χ1n) is 29.3. The Hall–Kier alpha value is -5.88. The summed E-state index contributed by atoms with van der Waals surface area (Å²) >= 11 is 0. The molecule has 1 saturated carbocycles. The van der Waals surface area contributed by atoms with Crippen LogP contribution in [0.3, 0.4) is 0 Å². The Morgan fingerprint density at radius 1 is 0.923 bits per heavy atom. The van der Waals surface area contributed by atoms with Gasteiger partial charge in [-0.05, 0) is 145 Å². The van der Waals surface area contributed by atoms with Crippen molar-refractivity contribution in [3.05, 3.63) is 123 Å². The molecule has 12 heteroatoms. The number of fused-ring (bicyclic) bond motifs is 2. The summed E-state index contributed by atoms with van der Waals surface area (Å²) in [5.41, 5.74) is 11.7. The molecule has 6 rings (SSSR count). The van der Waals surface area contributed by atoms with E-state index in [9.17, 15) is 24.9 Å². The van der Waals surface area contributed by atoms with Crippen LogP contribution in [0.2, 0.25) is 0 Å². The maximum Gasteiger partial charge on any atom is 0.263 e. The number of phenolic OH excluding ortho intramolecular Hbond substituents is 1. The number of aldehydes is 1. The molecule has 5 N–H and O–H groups in total. The van der Waals surface area contributed by atoms with Crippen LogP contribution in [-0.2, 0) is 21.4 Å². The summed E-state index contributed by atoms with van der Waals surface area (Å²) in [6.45, 7) is 29.4. The highest BCUT2D eigenvalue weighted by Gasteiger charge is 2.43. The number of carbonyl (C=O) groups excluding carboxylic acids is 2. The van der Waals surface area contributed by atoms with Gasteiger partial charge in [0.05, 0.1) is 0 Å². The van der Waals surface area contributed by atoms with Gasteiger partial charge in [0.2, 0.25) is 11.8 Å². The molecule has 3 aromatic rings. The molecule has 0 saturated heterocycles. The third-order valence-electron chi connectivity index (χ3n) is 17.3. The minimum Gasteiger partial charge on any atom is -0.507 e. The third-order valence-corrected chi connectivity index (χ3v) is 17.3. The summed E-state index contributed by atoms with van der Waals surface area (Å²) in [7, 11) is 2.22. The minimum atomic E-state index is -0.989. The lowest BCUT2D eigenvalue weighted by atomic mass is 9.78. The molecule has 0 radical (unpaired) electrons. The fourth-order valence-electron chi connectivity index (χ4n) is 11.6. The maximum atomic E-state index is 13.3. The van der Waals surface area contributed by atoms with E-state index < -0.39 is 5.60 Å². The SMILES string of the molecule is CCC(=CC(=C(C)N(C)CCCCCC(C=O)CNCCNC(=O)C1(C)CCc2c(C)c(O)c(C)c(C)c2O1)C(C)(C)CC=CC=CC=C1N(CCCCCC2CC2On2c(O)ccc2O)c2ccc(C)cc2C1(C)C)CC. The lowest BCUT2D eigenvalue weighted by molar-refractivity contribution is -0.136. The highest BCUT2D eigenvalue weighted by Crippen LogP contribution is 2.49. The Morgan fingerprint density at radius 3 is 2.35 bits per heavy atom. The summed E-state index contributed by atoms with van der Waals surface area (Å²) in [4.78, 5) is 36.2. The average Bonchev–Trinajstić information content (AvgIpc) is 4.23. The molecule has 2 aromatic carbocycles. The first-order chi connectivity index (χ1) is 37.1. The summed E-state index contributed by atoms with van der Waals surface area (Å²) in [5.74, 6) is 1.09. The number of ether oxygens (including phenoxy) is 1. The van der Waals surface area contributed by atoms with Gasteiger partial charge in [-0.1, -0.05) is 121 Å². The molecule has 2 aliphatic heterocycles. The van der Waals surface area contributed by atoms with E-state index in [0.29, 0.717) is 49.9 Å². The van der Waals surface area contributed by atoms with Crippen molar-refractivity contribution < 1.29 is 34.5 Å². The number of hydrogen-bond donors (Lipinski definition) is 5. The summed E-state index contributed by atoms with van der Waals surface area (Å²) in [5, 5.41) is 36.9. The van der Waals surface area contributed by atoms with Crippen LogP contribution in [0.4, 0.5) is 5.69 Å². The fourth-order valence-corrected chi connectivity index (χ4v) is 11.6. The van der Waals surface area contributed by atoms with Gasteiger partial charge in [-0.2, -0.15) is 0 Å². The van der Waals surface area contributed by atoms with Gasteiger partial charge in [0.1, 0.15) is 23.9 Å². The number of unbranched alkanes of at least 4 members (excludes halogenated alkanes) is 4. The van der Waals surface area contributed by atoms with E-state index in [1.165, 1.54) is 51.5 Å². The molecule has 4 atom stereocenters. The molecule has 1 aliphatic carbocycles. The van der Waals surface area contributed by atoms with Crippen molar-refractivity contribution in [2.45, 2.75) is 190 Å². The summed E-state index contributed by atoms with van der Waals surface area (Å²) < 4.78 is 7.48. The number of rotatable bonds is 30. The van der Waals surface area contributed by atoms with Crippen molar-refractivity contribution in [1.82, 2.24) is 20.3 Å². The lowest BCUT2D eigenvalue weighted by Crippen LogP contribution is -2.52. The number of aryl methyl sites for hydroxylation is 1. The second-order valence-electron chi connectivity index (χ2n) is 24.1. The van der Waals surface area contributed by atoms with Crippen molar-refractivity contribution in [3.63, 3.8) is 0 Å². The summed E-state index contributed by atoms with van der Waals surface area (Å²) in [6, 6.07) is 9.75. The molecule has 1 fully saturated rings. The second-order valence-corrected chi connectivity index (χ2v) is 24.1. The molecular formula is C66H97N5O7. The highest BCUT2D eigenvalue weighted by atomic mass is 16.7. The molecule has 3 heterocycles. The van der Waals surface area contributed by atoms with E-state index in [1.807, 2.05) is 27.7 Å². The van der Waals surface area contributed by atoms with Crippen molar-refractivity contribution in [3.8, 4) is 23.3 Å². The third kappa shape index (κ3) is 15.1. The molecular weight excluding hydrogens is 975 g/mol. The molecule has 0 bridgehead atoms. The van der Waals surface area contributed by atoms with Crippen molar-refractivity contribution in [1.29, 1.82) is 0 Å². The van der Waals surface area contributed by atoms with Crippen molar-refractivity contribution >= 4 is 17.9 Å². The second kappa shape index (κ2) is 27.3. The molecule has 3 aliphatic rings. The molecule has 1 aromatic heterocycles. The van der Waals surface area contributed by atoms with E-state index in [-0.39, 0.29) is 40.5 Å². The van der Waals surface area contributed by atoms with E-state index in [4.69, 9.17) is 9.57 Å². The Bertz CT molecular complexity index is 2680. The number of anilines is 1. The summed E-state index contributed by atoms with van der Waals surface area (Å²) in [6.07, 6.45) is 28.2. The van der Waals surface area contributed by atoms with Crippen LogP contribution in [0.25, 0.3) is 0 Å². The predicted molar refractivity (Wildman–Crippen MR) is 319 cm³/mol. The Labute approximate surface area is 468 Å². The first kappa shape index (κ1) is 61.3. The van der Waals surface area contributed by atoms with Gasteiger partial charge in [-0.25, -0.2) is 0 Å². The maximum absolute atomic E-state index is 13.3. The molecule has 0 spiro atoms. The number of aromatic nitrogens is 1. The quantitative estimate of drug-likeness (QED) is 0.0248. The smallest absolute Gasteiger partial charge is 0.263 e. The standard InChI is InChI=1S/C66H97N5O7/c1-14-50(15-2)41-54(49(7)69(13)38-24-18-20-26-51(44-72)43-67-36-37-68-63(76)66(12)35-33-53-48(6)61(75)46(4)47(5)62(53)77-66)64(8,9)34-23-17-16-22-28-58-65(10,11)55-40-45(3)29-30-56(55)70(58)39-25-19-21-27-52-42-57(52)78-71-59(73)31-32-60(71)74/h16-17,22-23,28-32,40-41,44,51-52,57,67,73-75H,14-15,18-21,24-27,33-39,42-43H2,1-13H3,(H,68,76). The van der Waals surface area contributed by atoms with Gasteiger partial charge < -0.3 is 50.1 Å². The minimum absolute atomic E-state index is 0.0352. The number of nitrogens with zero attached hydrogens (tertiary/aromatic N) is 3. The van der Waals surface area contributed by atoms with Crippen LogP contribution in [0.1, 0.15) is 172 Å². The number of allylic oxidation sites excluding steroid dienone is 10. The number of nitrogens with one attached hydrogen (secondary N) is 2. The Morgan fingerprint density at radius 2 is 1.64 bits per heavy atom. The molecule has 1 amide bonds. The molecule has 428 valence electrons. The zero-order valence-corrected chi connectivity index (χ0v) is 49.9. The van der Waals surface area contributed by atoms with E-state index >= 15 is 0 Å².